The van der Waals surface area contributed by atoms with Crippen molar-refractivity contribution < 1.29 is 30.0 Å². The molecule has 0 heterocycles. The molecule has 7 nitrogen and oxygen atoms in total. The number of fused-ring (bicyclic) bond motifs is 7. The van der Waals surface area contributed by atoms with E-state index in [0.29, 0.717) is 29.8 Å². The number of rotatable bonds is 6. The molecule has 0 saturated heterocycles. The lowest BCUT2D eigenvalue weighted by atomic mass is 9.43. The average Bonchev–Trinajstić information content (AvgIpc) is 3.38. The van der Waals surface area contributed by atoms with Crippen molar-refractivity contribution in [1.82, 2.24) is 0 Å². The Kier molecular flexibility index (Phi) is 7.97. The number of hydrogen-bond acceptors (Lipinski definition) is 5. The first-order chi connectivity index (χ1) is 21.9. The number of carboxylic acids is 1. The number of aromatic carboxylic acids is 1. The van der Waals surface area contributed by atoms with Gasteiger partial charge in [-0.25, -0.2) is 4.79 Å². The standard InChI is InChI=1S/C39H49NO6/c1-21(8-13-34(44)40-31-12-9-24-16-22-6-4-5-7-23(22)17-27(24)35(31)37(45)46)28-10-11-29-36-30(20-33(43)39(28,29)3)38(2)15-14-26(41)18-25(38)19-32(36)42/h4-7,9,12,16-17,21,25-26,28-30,32-33,36,41-43H,8,10-11,13-15,18-20H2,1-3H3,(H,40,44)(H,45,46)/t21?,25?,26-,28-,29?,30?,32-,33+,36?,38+,39-/m1/s1. The van der Waals surface area contributed by atoms with E-state index in [2.05, 4.69) is 26.1 Å². The van der Waals surface area contributed by atoms with Gasteiger partial charge in [0, 0.05) is 6.42 Å². The molecular formula is C39H49NO6. The number of amides is 1. The van der Waals surface area contributed by atoms with Gasteiger partial charge in [0.15, 0.2) is 0 Å². The molecule has 1 amide bonds. The molecule has 46 heavy (non-hydrogen) atoms. The maximum Gasteiger partial charge on any atom is 0.338 e. The zero-order valence-corrected chi connectivity index (χ0v) is 27.3. The Labute approximate surface area is 271 Å². The van der Waals surface area contributed by atoms with E-state index >= 15 is 0 Å². The van der Waals surface area contributed by atoms with Crippen molar-refractivity contribution in [3.63, 3.8) is 0 Å². The first-order valence-electron chi connectivity index (χ1n) is 17.4. The lowest BCUT2D eigenvalue weighted by Gasteiger charge is -2.63. The summed E-state index contributed by atoms with van der Waals surface area (Å²) >= 11 is 0. The highest BCUT2D eigenvalue weighted by Gasteiger charge is 2.65. The highest BCUT2D eigenvalue weighted by Crippen LogP contribution is 2.68. The number of carboxylic acid groups (broad SMARTS) is 1. The number of aliphatic hydroxyl groups excluding tert-OH is 3. The molecule has 11 atom stereocenters. The number of carbonyl (C=O) groups is 2. The summed E-state index contributed by atoms with van der Waals surface area (Å²) in [5.74, 6) is 0.0673. The van der Waals surface area contributed by atoms with Crippen LogP contribution in [0.5, 0.6) is 0 Å². The monoisotopic (exact) mass is 627 g/mol. The van der Waals surface area contributed by atoms with Crippen LogP contribution < -0.4 is 5.32 Å². The molecule has 3 aromatic carbocycles. The van der Waals surface area contributed by atoms with Crippen LogP contribution in [0.25, 0.3) is 21.5 Å². The van der Waals surface area contributed by atoms with Crippen molar-refractivity contribution in [2.24, 2.45) is 46.3 Å². The van der Waals surface area contributed by atoms with E-state index in [1.807, 2.05) is 42.5 Å². The third kappa shape index (κ3) is 4.96. The SMILES string of the molecule is CC(CCC(=O)Nc1ccc2cc3ccccc3cc2c1C(=O)O)[C@H]1CCC2C3C(C[C@H](O)[C@@]21C)[C@@]1(C)CC[C@@H](O)CC1C[C@H]3O. The predicted molar refractivity (Wildman–Crippen MR) is 179 cm³/mol. The number of benzene rings is 3. The molecule has 7 heteroatoms. The van der Waals surface area contributed by atoms with Crippen molar-refractivity contribution in [3.8, 4) is 0 Å². The van der Waals surface area contributed by atoms with Crippen LogP contribution in [-0.4, -0.2) is 50.6 Å². The zero-order valence-electron chi connectivity index (χ0n) is 27.3. The van der Waals surface area contributed by atoms with E-state index in [1.165, 1.54) is 0 Å². The number of carbonyl (C=O) groups excluding carboxylic acids is 1. The van der Waals surface area contributed by atoms with Gasteiger partial charge in [0.05, 0.1) is 29.6 Å². The molecule has 4 fully saturated rings. The van der Waals surface area contributed by atoms with Crippen molar-refractivity contribution >= 4 is 39.1 Å². The van der Waals surface area contributed by atoms with Crippen LogP contribution in [0.15, 0.2) is 48.5 Å². The van der Waals surface area contributed by atoms with Gasteiger partial charge in [0.25, 0.3) is 0 Å². The van der Waals surface area contributed by atoms with Crippen LogP contribution in [-0.2, 0) is 4.79 Å². The van der Waals surface area contributed by atoms with Crippen molar-refractivity contribution in [2.75, 3.05) is 5.32 Å². The summed E-state index contributed by atoms with van der Waals surface area (Å²) in [7, 11) is 0. The molecule has 246 valence electrons. The Bertz CT molecular complexity index is 1670. The number of hydrogen-bond donors (Lipinski definition) is 5. The van der Waals surface area contributed by atoms with Crippen molar-refractivity contribution in [1.29, 1.82) is 0 Å². The lowest BCUT2D eigenvalue weighted by Crippen LogP contribution is -2.62. The van der Waals surface area contributed by atoms with Gasteiger partial charge in [0.2, 0.25) is 5.91 Å². The van der Waals surface area contributed by atoms with Crippen molar-refractivity contribution in [3.05, 3.63) is 54.1 Å². The van der Waals surface area contributed by atoms with E-state index in [0.717, 1.165) is 54.7 Å². The molecule has 0 aliphatic heterocycles. The predicted octanol–water partition coefficient (Wildman–Crippen LogP) is 7.01. The maximum atomic E-state index is 13.3. The summed E-state index contributed by atoms with van der Waals surface area (Å²) in [5.41, 5.74) is 0.123. The fraction of sp³-hybridized carbons (Fsp3) is 0.590. The van der Waals surface area contributed by atoms with Gasteiger partial charge in [-0.15, -0.1) is 0 Å². The van der Waals surface area contributed by atoms with Crippen molar-refractivity contribution in [2.45, 2.75) is 96.9 Å². The van der Waals surface area contributed by atoms with Gasteiger partial charge in [0.1, 0.15) is 0 Å². The Morgan fingerprint density at radius 3 is 2.39 bits per heavy atom. The minimum atomic E-state index is -1.08. The van der Waals surface area contributed by atoms with E-state index < -0.39 is 18.2 Å². The second-order valence-electron chi connectivity index (χ2n) is 15.8. The third-order valence-electron chi connectivity index (χ3n) is 13.7. The molecule has 5 N–H and O–H groups in total. The molecule has 0 bridgehead atoms. The summed E-state index contributed by atoms with van der Waals surface area (Å²) in [6.07, 6.45) is 5.62. The van der Waals surface area contributed by atoms with Gasteiger partial charge in [-0.05, 0) is 137 Å². The highest BCUT2D eigenvalue weighted by atomic mass is 16.4. The minimum Gasteiger partial charge on any atom is -0.478 e. The summed E-state index contributed by atoms with van der Waals surface area (Å²) in [6, 6.07) is 15.2. The molecule has 5 unspecified atom stereocenters. The molecule has 0 aromatic heterocycles. The van der Waals surface area contributed by atoms with Gasteiger partial charge in [-0.2, -0.15) is 0 Å². The topological polar surface area (TPSA) is 127 Å². The zero-order chi connectivity index (χ0) is 32.5. The smallest absolute Gasteiger partial charge is 0.338 e. The Balaban J connectivity index is 1.06. The molecule has 4 aliphatic rings. The van der Waals surface area contributed by atoms with E-state index in [-0.39, 0.29) is 64.4 Å². The largest absolute Gasteiger partial charge is 0.478 e. The highest BCUT2D eigenvalue weighted by molar-refractivity contribution is 6.13. The van der Waals surface area contributed by atoms with Crippen LogP contribution in [0.1, 0.15) is 88.9 Å². The third-order valence-corrected chi connectivity index (χ3v) is 13.7. The molecular weight excluding hydrogens is 578 g/mol. The molecule has 4 aliphatic carbocycles. The molecule has 7 rings (SSSR count). The maximum absolute atomic E-state index is 13.3. The minimum absolute atomic E-state index is 0.0396. The van der Waals surface area contributed by atoms with Crippen LogP contribution in [0.3, 0.4) is 0 Å². The van der Waals surface area contributed by atoms with Crippen LogP contribution in [0.2, 0.25) is 0 Å². The Morgan fingerprint density at radius 1 is 0.913 bits per heavy atom. The number of nitrogens with one attached hydrogen (secondary N) is 1. The van der Waals surface area contributed by atoms with Gasteiger partial charge < -0.3 is 25.7 Å². The molecule has 4 saturated carbocycles. The second kappa shape index (κ2) is 11.6. The molecule has 3 aromatic rings. The quantitative estimate of drug-likeness (QED) is 0.187. The fourth-order valence-corrected chi connectivity index (χ4v) is 11.3. The van der Waals surface area contributed by atoms with Crippen LogP contribution in [0, 0.1) is 46.3 Å². The van der Waals surface area contributed by atoms with Crippen LogP contribution >= 0.6 is 0 Å². The lowest BCUT2D eigenvalue weighted by molar-refractivity contribution is -0.207. The summed E-state index contributed by atoms with van der Waals surface area (Å²) in [4.78, 5) is 25.7. The van der Waals surface area contributed by atoms with E-state index in [4.69, 9.17) is 0 Å². The van der Waals surface area contributed by atoms with Gasteiger partial charge >= 0.3 is 5.97 Å². The fourth-order valence-electron chi connectivity index (χ4n) is 11.3. The molecule has 0 spiro atoms. The summed E-state index contributed by atoms with van der Waals surface area (Å²) < 4.78 is 0. The first kappa shape index (κ1) is 31.6. The normalized spacial score (nSPS) is 37.7. The van der Waals surface area contributed by atoms with E-state index in [9.17, 15) is 30.0 Å². The first-order valence-corrected chi connectivity index (χ1v) is 17.4. The molecule has 0 radical (unpaired) electrons. The van der Waals surface area contributed by atoms with Gasteiger partial charge in [-0.3, -0.25) is 4.79 Å². The van der Waals surface area contributed by atoms with Gasteiger partial charge in [-0.1, -0.05) is 51.1 Å². The summed E-state index contributed by atoms with van der Waals surface area (Å²) in [5, 5.41) is 50.3. The second-order valence-corrected chi connectivity index (χ2v) is 15.8. The van der Waals surface area contributed by atoms with Crippen LogP contribution in [0.4, 0.5) is 5.69 Å². The Morgan fingerprint density at radius 2 is 1.65 bits per heavy atom. The average molecular weight is 628 g/mol. The number of aliphatic hydroxyl groups is 3. The summed E-state index contributed by atoms with van der Waals surface area (Å²) in [6.45, 7) is 6.77. The Hall–Kier alpha value is -3.00. The van der Waals surface area contributed by atoms with E-state index in [1.54, 1.807) is 6.07 Å². The number of anilines is 1.